The number of benzene rings is 2. The first-order valence-corrected chi connectivity index (χ1v) is 12.2. The van der Waals surface area contributed by atoms with E-state index in [0.29, 0.717) is 41.6 Å². The molecule has 4 rings (SSSR count). The van der Waals surface area contributed by atoms with Crippen LogP contribution in [0.15, 0.2) is 41.3 Å². The van der Waals surface area contributed by atoms with Crippen LogP contribution in [-0.4, -0.2) is 55.6 Å². The molecule has 0 bridgehead atoms. The Kier molecular flexibility index (Phi) is 5.69. The van der Waals surface area contributed by atoms with Crippen molar-refractivity contribution < 1.29 is 22.0 Å². The van der Waals surface area contributed by atoms with E-state index in [4.69, 9.17) is 0 Å². The highest BCUT2D eigenvalue weighted by Crippen LogP contribution is 2.31. The highest BCUT2D eigenvalue weighted by atomic mass is 32.2. The van der Waals surface area contributed by atoms with E-state index in [1.165, 1.54) is 41.7 Å². The molecule has 1 fully saturated rings. The number of piperazine rings is 1. The van der Waals surface area contributed by atoms with Crippen LogP contribution in [0.3, 0.4) is 0 Å². The van der Waals surface area contributed by atoms with Gasteiger partial charge in [-0.1, -0.05) is 11.3 Å². The number of halogens is 2. The Morgan fingerprint density at radius 1 is 1.06 bits per heavy atom. The van der Waals surface area contributed by atoms with Crippen LogP contribution in [0.25, 0.3) is 10.2 Å². The summed E-state index contributed by atoms with van der Waals surface area (Å²) >= 11 is 1.22. The van der Waals surface area contributed by atoms with E-state index in [2.05, 4.69) is 4.98 Å². The SMILES string of the molecule is CC(C)S(=O)(=O)c1ccc(C(=O)N2CCN(c3nc4c(F)cc(F)cc4s3)CC2)cc1. The van der Waals surface area contributed by atoms with Gasteiger partial charge in [-0.2, -0.15) is 0 Å². The normalized spacial score (nSPS) is 15.1. The first-order chi connectivity index (χ1) is 14.7. The van der Waals surface area contributed by atoms with Crippen molar-refractivity contribution in [1.82, 2.24) is 9.88 Å². The fraction of sp³-hybridized carbons (Fsp3) is 0.333. The van der Waals surface area contributed by atoms with Crippen LogP contribution in [0.5, 0.6) is 0 Å². The molecule has 1 aromatic heterocycles. The summed E-state index contributed by atoms with van der Waals surface area (Å²) < 4.78 is 52.3. The van der Waals surface area contributed by atoms with Crippen LogP contribution >= 0.6 is 11.3 Å². The minimum atomic E-state index is -3.39. The molecule has 10 heteroatoms. The molecule has 2 aromatic carbocycles. The predicted molar refractivity (Wildman–Crippen MR) is 116 cm³/mol. The molecule has 0 radical (unpaired) electrons. The largest absolute Gasteiger partial charge is 0.345 e. The topological polar surface area (TPSA) is 70.6 Å². The minimum Gasteiger partial charge on any atom is -0.345 e. The van der Waals surface area contributed by atoms with Gasteiger partial charge in [0.05, 0.1) is 14.8 Å². The number of anilines is 1. The summed E-state index contributed by atoms with van der Waals surface area (Å²) in [5, 5.41) is 0.0597. The Morgan fingerprint density at radius 2 is 1.71 bits per heavy atom. The van der Waals surface area contributed by atoms with Gasteiger partial charge in [0, 0.05) is 37.8 Å². The molecule has 2 heterocycles. The quantitative estimate of drug-likeness (QED) is 0.587. The molecule has 1 aliphatic rings. The third kappa shape index (κ3) is 4.14. The van der Waals surface area contributed by atoms with E-state index in [1.54, 1.807) is 18.7 Å². The van der Waals surface area contributed by atoms with E-state index in [9.17, 15) is 22.0 Å². The molecule has 0 saturated carbocycles. The zero-order valence-electron chi connectivity index (χ0n) is 17.0. The third-order valence-electron chi connectivity index (χ3n) is 5.29. The van der Waals surface area contributed by atoms with Crippen molar-refractivity contribution in [2.45, 2.75) is 24.0 Å². The zero-order valence-corrected chi connectivity index (χ0v) is 18.6. The number of rotatable bonds is 4. The van der Waals surface area contributed by atoms with E-state index in [1.807, 2.05) is 4.90 Å². The number of carbonyl (C=O) groups is 1. The van der Waals surface area contributed by atoms with Gasteiger partial charge >= 0.3 is 0 Å². The van der Waals surface area contributed by atoms with E-state index in [-0.39, 0.29) is 16.3 Å². The summed E-state index contributed by atoms with van der Waals surface area (Å²) in [6.45, 7) is 5.13. The Labute approximate surface area is 183 Å². The third-order valence-corrected chi connectivity index (χ3v) is 8.52. The van der Waals surface area contributed by atoms with Crippen molar-refractivity contribution in [3.05, 3.63) is 53.6 Å². The molecule has 1 aliphatic heterocycles. The summed E-state index contributed by atoms with van der Waals surface area (Å²) in [5.74, 6) is -1.50. The second kappa shape index (κ2) is 8.16. The molecular formula is C21H21F2N3O3S2. The summed E-state index contributed by atoms with van der Waals surface area (Å²) in [4.78, 5) is 20.9. The van der Waals surface area contributed by atoms with Crippen molar-refractivity contribution in [2.24, 2.45) is 0 Å². The van der Waals surface area contributed by atoms with Crippen molar-refractivity contribution in [3.8, 4) is 0 Å². The average Bonchev–Trinajstić information content (AvgIpc) is 3.18. The zero-order chi connectivity index (χ0) is 22.3. The van der Waals surface area contributed by atoms with Crippen LogP contribution in [0.2, 0.25) is 0 Å². The predicted octanol–water partition coefficient (Wildman–Crippen LogP) is 3.72. The molecule has 0 atom stereocenters. The van der Waals surface area contributed by atoms with Crippen LogP contribution in [0.4, 0.5) is 13.9 Å². The fourth-order valence-electron chi connectivity index (χ4n) is 3.42. The van der Waals surface area contributed by atoms with Gasteiger partial charge in [0.1, 0.15) is 11.3 Å². The molecular weight excluding hydrogens is 444 g/mol. The fourth-order valence-corrected chi connectivity index (χ4v) is 5.54. The highest BCUT2D eigenvalue weighted by molar-refractivity contribution is 7.92. The summed E-state index contributed by atoms with van der Waals surface area (Å²) in [5.41, 5.74) is 0.574. The average molecular weight is 466 g/mol. The molecule has 0 spiro atoms. The van der Waals surface area contributed by atoms with Gasteiger partial charge < -0.3 is 9.80 Å². The maximum absolute atomic E-state index is 13.9. The maximum atomic E-state index is 13.9. The molecule has 1 amide bonds. The smallest absolute Gasteiger partial charge is 0.253 e. The number of nitrogens with zero attached hydrogens (tertiary/aromatic N) is 3. The van der Waals surface area contributed by atoms with Gasteiger partial charge in [-0.25, -0.2) is 22.2 Å². The molecule has 0 unspecified atom stereocenters. The van der Waals surface area contributed by atoms with E-state index >= 15 is 0 Å². The molecule has 164 valence electrons. The van der Waals surface area contributed by atoms with Crippen LogP contribution in [0.1, 0.15) is 24.2 Å². The number of hydrogen-bond acceptors (Lipinski definition) is 6. The number of fused-ring (bicyclic) bond motifs is 1. The van der Waals surface area contributed by atoms with Crippen LogP contribution in [-0.2, 0) is 9.84 Å². The van der Waals surface area contributed by atoms with Crippen LogP contribution < -0.4 is 4.90 Å². The molecule has 1 saturated heterocycles. The molecule has 0 aliphatic carbocycles. The van der Waals surface area contributed by atoms with Gasteiger partial charge in [0.25, 0.3) is 5.91 Å². The molecule has 3 aromatic rings. The van der Waals surface area contributed by atoms with Crippen molar-refractivity contribution in [1.29, 1.82) is 0 Å². The first-order valence-electron chi connectivity index (χ1n) is 9.80. The first kappa shape index (κ1) is 21.6. The number of amides is 1. The van der Waals surface area contributed by atoms with E-state index in [0.717, 1.165) is 6.07 Å². The number of carbonyl (C=O) groups excluding carboxylic acids is 1. The van der Waals surface area contributed by atoms with Crippen molar-refractivity contribution in [3.63, 3.8) is 0 Å². The van der Waals surface area contributed by atoms with Crippen molar-refractivity contribution >= 4 is 42.4 Å². The lowest BCUT2D eigenvalue weighted by molar-refractivity contribution is 0.0746. The molecule has 6 nitrogen and oxygen atoms in total. The van der Waals surface area contributed by atoms with Gasteiger partial charge in [-0.15, -0.1) is 0 Å². The lowest BCUT2D eigenvalue weighted by atomic mass is 10.2. The Hall–Kier alpha value is -2.59. The van der Waals surface area contributed by atoms with E-state index < -0.39 is 26.7 Å². The summed E-state index contributed by atoms with van der Waals surface area (Å²) in [6.07, 6.45) is 0. The number of thiazole rings is 1. The summed E-state index contributed by atoms with van der Waals surface area (Å²) in [6, 6.07) is 8.09. The Balaban J connectivity index is 1.44. The molecule has 31 heavy (non-hydrogen) atoms. The van der Waals surface area contributed by atoms with Crippen molar-refractivity contribution in [2.75, 3.05) is 31.1 Å². The number of hydrogen-bond donors (Lipinski definition) is 0. The highest BCUT2D eigenvalue weighted by Gasteiger charge is 2.25. The van der Waals surface area contributed by atoms with Gasteiger partial charge in [0.15, 0.2) is 20.8 Å². The van der Waals surface area contributed by atoms with Crippen LogP contribution in [0, 0.1) is 11.6 Å². The minimum absolute atomic E-state index is 0.149. The van der Waals surface area contributed by atoms with Gasteiger partial charge in [-0.05, 0) is 44.2 Å². The maximum Gasteiger partial charge on any atom is 0.253 e. The number of aromatic nitrogens is 1. The van der Waals surface area contributed by atoms with Gasteiger partial charge in [0.2, 0.25) is 0 Å². The molecule has 0 N–H and O–H groups in total. The second-order valence-electron chi connectivity index (χ2n) is 7.63. The second-order valence-corrected chi connectivity index (χ2v) is 11.1. The Morgan fingerprint density at radius 3 is 2.32 bits per heavy atom. The standard InChI is InChI=1S/C21H21F2N3O3S2/c1-13(2)31(28,29)16-5-3-14(4-6-16)20(27)25-7-9-26(10-8-25)21-24-19-17(23)11-15(22)12-18(19)30-21/h3-6,11-13H,7-10H2,1-2H3. The lowest BCUT2D eigenvalue weighted by Gasteiger charge is -2.34. The summed E-state index contributed by atoms with van der Waals surface area (Å²) in [7, 11) is -3.39. The monoisotopic (exact) mass is 465 g/mol. The Bertz CT molecular complexity index is 1230. The lowest BCUT2D eigenvalue weighted by Crippen LogP contribution is -2.48. The number of sulfone groups is 1. The van der Waals surface area contributed by atoms with Gasteiger partial charge in [-0.3, -0.25) is 4.79 Å².